The predicted octanol–water partition coefficient (Wildman–Crippen LogP) is -0.734. The second kappa shape index (κ2) is 10.8. The molecule has 7 nitrogen and oxygen atoms in total. The third-order valence-electron chi connectivity index (χ3n) is 3.00. The summed E-state index contributed by atoms with van der Waals surface area (Å²) >= 11 is 5.15. The van der Waals surface area contributed by atoms with Crippen LogP contribution in [0.2, 0.25) is 0 Å². The Bertz CT molecular complexity index is 644. The van der Waals surface area contributed by atoms with E-state index in [1.165, 1.54) is 0 Å². The Balaban J connectivity index is 0.00000288. The minimum atomic E-state index is 0. The summed E-state index contributed by atoms with van der Waals surface area (Å²) in [5.41, 5.74) is 1.13. The highest BCUT2D eigenvalue weighted by atomic mass is 79.9. The molecule has 0 spiro atoms. The standard InChI is InChI=1S/C14H20BrN5O2S.ClH/c1-4-22-13-11(15)7-10(8-12(13)21-3)9-16-5-6-23-14-17-18-19-20(14)2;/h7-8,16H,4-6,9H2,1-3H3;1H/p-1. The zero-order chi connectivity index (χ0) is 16.7. The Morgan fingerprint density at radius 3 is 2.79 bits per heavy atom. The minimum absolute atomic E-state index is 0. The van der Waals surface area contributed by atoms with Crippen LogP contribution in [0.5, 0.6) is 11.5 Å². The van der Waals surface area contributed by atoms with Gasteiger partial charge in [-0.3, -0.25) is 0 Å². The lowest BCUT2D eigenvalue weighted by Crippen LogP contribution is -3.00. The molecule has 0 fully saturated rings. The van der Waals surface area contributed by atoms with Crippen molar-refractivity contribution in [2.75, 3.05) is 26.0 Å². The largest absolute Gasteiger partial charge is 1.00 e. The van der Waals surface area contributed by atoms with Gasteiger partial charge in [-0.05, 0) is 51.0 Å². The van der Waals surface area contributed by atoms with Crippen LogP contribution in [0.25, 0.3) is 0 Å². The van der Waals surface area contributed by atoms with Gasteiger partial charge < -0.3 is 27.2 Å². The lowest BCUT2D eigenvalue weighted by atomic mass is 10.2. The lowest BCUT2D eigenvalue weighted by Gasteiger charge is -2.13. The van der Waals surface area contributed by atoms with E-state index >= 15 is 0 Å². The monoisotopic (exact) mass is 436 g/mol. The molecule has 0 aliphatic heterocycles. The summed E-state index contributed by atoms with van der Waals surface area (Å²) < 4.78 is 13.6. The van der Waals surface area contributed by atoms with E-state index in [0.717, 1.165) is 45.5 Å². The molecular weight excluding hydrogens is 418 g/mol. The van der Waals surface area contributed by atoms with Crippen LogP contribution in [0, 0.1) is 0 Å². The second-order valence-corrected chi connectivity index (χ2v) is 6.57. The number of hydrogen-bond donors (Lipinski definition) is 1. The van der Waals surface area contributed by atoms with E-state index in [2.05, 4.69) is 36.8 Å². The quantitative estimate of drug-likeness (QED) is 0.409. The predicted molar refractivity (Wildman–Crippen MR) is 93.1 cm³/mol. The molecule has 2 rings (SSSR count). The highest BCUT2D eigenvalue weighted by molar-refractivity contribution is 9.10. The normalized spacial score (nSPS) is 10.3. The molecule has 0 atom stereocenters. The van der Waals surface area contributed by atoms with Crippen LogP contribution >= 0.6 is 27.7 Å². The van der Waals surface area contributed by atoms with Crippen molar-refractivity contribution in [3.05, 3.63) is 22.2 Å². The van der Waals surface area contributed by atoms with Gasteiger partial charge >= 0.3 is 0 Å². The van der Waals surface area contributed by atoms with Crippen molar-refractivity contribution in [1.82, 2.24) is 25.5 Å². The van der Waals surface area contributed by atoms with Crippen molar-refractivity contribution in [1.29, 1.82) is 0 Å². The average Bonchev–Trinajstić information content (AvgIpc) is 2.94. The molecule has 10 heteroatoms. The molecule has 134 valence electrons. The van der Waals surface area contributed by atoms with Gasteiger partial charge in [0.2, 0.25) is 5.16 Å². The first-order valence-electron chi connectivity index (χ1n) is 7.20. The zero-order valence-electron chi connectivity index (χ0n) is 13.8. The molecule has 0 saturated carbocycles. The van der Waals surface area contributed by atoms with Gasteiger partial charge in [0.15, 0.2) is 11.5 Å². The zero-order valence-corrected chi connectivity index (χ0v) is 16.9. The SMILES string of the molecule is CCOc1c(Br)cc(CNCCSc2nnnn2C)cc1OC.[Cl-]. The number of ether oxygens (including phenoxy) is 2. The van der Waals surface area contributed by atoms with Gasteiger partial charge in [-0.2, -0.15) is 0 Å². The molecule has 0 amide bonds. The van der Waals surface area contributed by atoms with Crippen LogP contribution in [0.3, 0.4) is 0 Å². The highest BCUT2D eigenvalue weighted by Crippen LogP contribution is 2.36. The van der Waals surface area contributed by atoms with Crippen LogP contribution in [0.15, 0.2) is 21.8 Å². The molecule has 1 heterocycles. The number of thioether (sulfide) groups is 1. The van der Waals surface area contributed by atoms with Crippen LogP contribution in [-0.2, 0) is 13.6 Å². The highest BCUT2D eigenvalue weighted by Gasteiger charge is 2.11. The van der Waals surface area contributed by atoms with Crippen LogP contribution in [0.4, 0.5) is 0 Å². The molecule has 1 N–H and O–H groups in total. The summed E-state index contributed by atoms with van der Waals surface area (Å²) in [7, 11) is 3.48. The van der Waals surface area contributed by atoms with Gasteiger partial charge in [0.05, 0.1) is 18.2 Å². The Hall–Kier alpha value is -1.03. The summed E-state index contributed by atoms with van der Waals surface area (Å²) in [5, 5.41) is 15.6. The van der Waals surface area contributed by atoms with E-state index in [1.807, 2.05) is 26.1 Å². The number of methoxy groups -OCH3 is 1. The van der Waals surface area contributed by atoms with Crippen LogP contribution in [0.1, 0.15) is 12.5 Å². The fourth-order valence-corrected chi connectivity index (χ4v) is 3.30. The topological polar surface area (TPSA) is 74.1 Å². The Morgan fingerprint density at radius 1 is 1.38 bits per heavy atom. The lowest BCUT2D eigenvalue weighted by molar-refractivity contribution is -0.00000562. The number of tetrazole rings is 1. The molecule has 0 radical (unpaired) electrons. The van der Waals surface area contributed by atoms with E-state index < -0.39 is 0 Å². The first-order chi connectivity index (χ1) is 11.2. The summed E-state index contributed by atoms with van der Waals surface area (Å²) in [6, 6.07) is 4.03. The number of aryl methyl sites for hydroxylation is 1. The number of halogens is 2. The van der Waals surface area contributed by atoms with E-state index in [-0.39, 0.29) is 12.4 Å². The molecule has 0 saturated heterocycles. The minimum Gasteiger partial charge on any atom is -1.00 e. The summed E-state index contributed by atoms with van der Waals surface area (Å²) in [6.07, 6.45) is 0. The fraction of sp³-hybridized carbons (Fsp3) is 0.500. The number of benzene rings is 1. The number of hydrogen-bond acceptors (Lipinski definition) is 7. The molecule has 24 heavy (non-hydrogen) atoms. The number of nitrogens with one attached hydrogen (secondary N) is 1. The molecule has 0 unspecified atom stereocenters. The first kappa shape index (κ1) is 21.0. The van der Waals surface area contributed by atoms with Crippen molar-refractivity contribution < 1.29 is 21.9 Å². The Kier molecular flexibility index (Phi) is 9.42. The van der Waals surface area contributed by atoms with Gasteiger partial charge in [0.25, 0.3) is 0 Å². The third kappa shape index (κ3) is 5.80. The molecule has 0 aliphatic rings. The molecule has 1 aromatic carbocycles. The number of aromatic nitrogens is 4. The van der Waals surface area contributed by atoms with Crippen LogP contribution < -0.4 is 27.2 Å². The van der Waals surface area contributed by atoms with Crippen LogP contribution in [-0.4, -0.2) is 46.2 Å². The fourth-order valence-electron chi connectivity index (χ4n) is 1.95. The van der Waals surface area contributed by atoms with E-state index in [4.69, 9.17) is 9.47 Å². The van der Waals surface area contributed by atoms with Gasteiger partial charge in [-0.1, -0.05) is 11.8 Å². The molecule has 0 bridgehead atoms. The first-order valence-corrected chi connectivity index (χ1v) is 8.98. The molecule has 1 aromatic heterocycles. The van der Waals surface area contributed by atoms with E-state index in [9.17, 15) is 0 Å². The molecule has 2 aromatic rings. The van der Waals surface area contributed by atoms with Gasteiger partial charge in [-0.25, -0.2) is 4.68 Å². The maximum absolute atomic E-state index is 5.59. The summed E-state index contributed by atoms with van der Waals surface area (Å²) in [4.78, 5) is 0. The third-order valence-corrected chi connectivity index (χ3v) is 4.60. The number of nitrogens with zero attached hydrogens (tertiary/aromatic N) is 4. The molecular formula is C14H20BrClN5O2S-. The van der Waals surface area contributed by atoms with E-state index in [1.54, 1.807) is 23.6 Å². The van der Waals surface area contributed by atoms with Crippen molar-refractivity contribution >= 4 is 27.7 Å². The van der Waals surface area contributed by atoms with Crippen molar-refractivity contribution in [3.8, 4) is 11.5 Å². The number of rotatable bonds is 9. The van der Waals surface area contributed by atoms with Gasteiger partial charge in [0.1, 0.15) is 0 Å². The molecule has 0 aliphatic carbocycles. The van der Waals surface area contributed by atoms with Crippen molar-refractivity contribution in [2.24, 2.45) is 7.05 Å². The Labute approximate surface area is 160 Å². The second-order valence-electron chi connectivity index (χ2n) is 4.65. The van der Waals surface area contributed by atoms with E-state index in [0.29, 0.717) is 6.61 Å². The maximum atomic E-state index is 5.59. The summed E-state index contributed by atoms with van der Waals surface area (Å²) in [6.45, 7) is 4.15. The summed E-state index contributed by atoms with van der Waals surface area (Å²) in [5.74, 6) is 2.37. The maximum Gasteiger partial charge on any atom is 0.209 e. The smallest absolute Gasteiger partial charge is 0.209 e. The Morgan fingerprint density at radius 2 is 2.17 bits per heavy atom. The average molecular weight is 438 g/mol. The van der Waals surface area contributed by atoms with Gasteiger partial charge in [0, 0.05) is 25.9 Å². The van der Waals surface area contributed by atoms with Gasteiger partial charge in [-0.15, -0.1) is 5.10 Å². The van der Waals surface area contributed by atoms with Crippen molar-refractivity contribution in [2.45, 2.75) is 18.6 Å². The van der Waals surface area contributed by atoms with Crippen molar-refractivity contribution in [3.63, 3.8) is 0 Å².